The third-order valence-electron chi connectivity index (χ3n) is 3.51. The lowest BCUT2D eigenvalue weighted by Crippen LogP contribution is -2.35. The van der Waals surface area contributed by atoms with Gasteiger partial charge in [0, 0.05) is 6.61 Å². The number of amides is 1. The standard InChI is InChI=1S/C15H16F3NO5/c16-15(17,18)24-11-3-1-9(2-4-11)12(7-13(20)21)19-14(22)10-5-6-23-8-10/h1-4,10,12H,5-8H2,(H,19,22)(H,20,21)/t10-,12-/m0/s1. The quantitative estimate of drug-likeness (QED) is 0.824. The van der Waals surface area contributed by atoms with Crippen molar-refractivity contribution in [1.29, 1.82) is 0 Å². The van der Waals surface area contributed by atoms with Crippen LogP contribution in [0.5, 0.6) is 5.75 Å². The molecule has 24 heavy (non-hydrogen) atoms. The number of rotatable bonds is 6. The van der Waals surface area contributed by atoms with Crippen molar-refractivity contribution < 1.29 is 37.3 Å². The van der Waals surface area contributed by atoms with Gasteiger partial charge in [0.05, 0.1) is 25.0 Å². The fourth-order valence-corrected chi connectivity index (χ4v) is 2.36. The molecule has 0 aliphatic carbocycles. The minimum Gasteiger partial charge on any atom is -0.481 e. The summed E-state index contributed by atoms with van der Waals surface area (Å²) in [6.07, 6.45) is -4.65. The van der Waals surface area contributed by atoms with Crippen molar-refractivity contribution in [2.45, 2.75) is 25.2 Å². The first-order valence-corrected chi connectivity index (χ1v) is 7.20. The number of benzene rings is 1. The third kappa shape index (κ3) is 5.41. The maximum absolute atomic E-state index is 12.1. The second-order valence-electron chi connectivity index (χ2n) is 5.34. The van der Waals surface area contributed by atoms with Gasteiger partial charge in [-0.2, -0.15) is 0 Å². The molecule has 2 rings (SSSR count). The lowest BCUT2D eigenvalue weighted by atomic mass is 10.0. The van der Waals surface area contributed by atoms with Gasteiger partial charge in [-0.25, -0.2) is 0 Å². The number of aliphatic carboxylic acids is 1. The molecule has 9 heteroatoms. The van der Waals surface area contributed by atoms with Crippen molar-refractivity contribution in [3.05, 3.63) is 29.8 Å². The molecule has 0 radical (unpaired) electrons. The van der Waals surface area contributed by atoms with Gasteiger partial charge in [-0.3, -0.25) is 9.59 Å². The summed E-state index contributed by atoms with van der Waals surface area (Å²) >= 11 is 0. The average Bonchev–Trinajstić information content (AvgIpc) is 2.99. The fraction of sp³-hybridized carbons (Fsp3) is 0.467. The van der Waals surface area contributed by atoms with Crippen molar-refractivity contribution in [1.82, 2.24) is 5.32 Å². The molecule has 0 saturated carbocycles. The van der Waals surface area contributed by atoms with Crippen LogP contribution >= 0.6 is 0 Å². The van der Waals surface area contributed by atoms with Crippen LogP contribution in [0.15, 0.2) is 24.3 Å². The number of ether oxygens (including phenoxy) is 2. The summed E-state index contributed by atoms with van der Waals surface area (Å²) in [5, 5.41) is 11.6. The van der Waals surface area contributed by atoms with Crippen LogP contribution in [0.1, 0.15) is 24.4 Å². The average molecular weight is 347 g/mol. The zero-order chi connectivity index (χ0) is 17.7. The van der Waals surface area contributed by atoms with Gasteiger partial charge in [-0.1, -0.05) is 12.1 Å². The molecule has 1 aromatic rings. The molecule has 6 nitrogen and oxygen atoms in total. The van der Waals surface area contributed by atoms with Crippen molar-refractivity contribution >= 4 is 11.9 Å². The van der Waals surface area contributed by atoms with Gasteiger partial charge in [0.25, 0.3) is 0 Å². The Bertz CT molecular complexity index is 582. The Balaban J connectivity index is 2.08. The summed E-state index contributed by atoms with van der Waals surface area (Å²) in [6.45, 7) is 0.731. The van der Waals surface area contributed by atoms with Crippen molar-refractivity contribution in [3.8, 4) is 5.75 Å². The maximum Gasteiger partial charge on any atom is 0.573 e. The lowest BCUT2D eigenvalue weighted by molar-refractivity contribution is -0.274. The van der Waals surface area contributed by atoms with Crippen molar-refractivity contribution in [3.63, 3.8) is 0 Å². The molecule has 132 valence electrons. The normalized spacial score (nSPS) is 18.9. The highest BCUT2D eigenvalue weighted by Gasteiger charge is 2.31. The van der Waals surface area contributed by atoms with Gasteiger partial charge in [-0.15, -0.1) is 13.2 Å². The van der Waals surface area contributed by atoms with E-state index in [1.54, 1.807) is 0 Å². The largest absolute Gasteiger partial charge is 0.573 e. The van der Waals surface area contributed by atoms with Gasteiger partial charge in [0.15, 0.2) is 0 Å². The predicted molar refractivity (Wildman–Crippen MR) is 75.2 cm³/mol. The lowest BCUT2D eigenvalue weighted by Gasteiger charge is -2.20. The number of hydrogen-bond donors (Lipinski definition) is 2. The van der Waals surface area contributed by atoms with Crippen LogP contribution in [0.25, 0.3) is 0 Å². The van der Waals surface area contributed by atoms with Crippen LogP contribution in [0.3, 0.4) is 0 Å². The summed E-state index contributed by atoms with van der Waals surface area (Å²) in [6, 6.07) is 3.88. The molecular formula is C15H16F3NO5. The van der Waals surface area contributed by atoms with Gasteiger partial charge < -0.3 is 19.9 Å². The smallest absolute Gasteiger partial charge is 0.481 e. The molecule has 2 atom stereocenters. The minimum absolute atomic E-state index is 0.268. The SMILES string of the molecule is O=C(O)C[C@H](NC(=O)[C@H]1CCOC1)c1ccc(OC(F)(F)F)cc1. The fourth-order valence-electron chi connectivity index (χ4n) is 2.36. The number of alkyl halides is 3. The van der Waals surface area contributed by atoms with Crippen LogP contribution < -0.4 is 10.1 Å². The molecule has 0 unspecified atom stereocenters. The molecular weight excluding hydrogens is 331 g/mol. The summed E-state index contributed by atoms with van der Waals surface area (Å²) in [4.78, 5) is 23.1. The van der Waals surface area contributed by atoms with Crippen LogP contribution in [-0.4, -0.2) is 36.6 Å². The van der Waals surface area contributed by atoms with Crippen LogP contribution in [0.4, 0.5) is 13.2 Å². The van der Waals surface area contributed by atoms with E-state index in [1.165, 1.54) is 12.1 Å². The van der Waals surface area contributed by atoms with Crippen molar-refractivity contribution in [2.24, 2.45) is 5.92 Å². The number of nitrogens with one attached hydrogen (secondary N) is 1. The maximum atomic E-state index is 12.1. The van der Waals surface area contributed by atoms with E-state index in [9.17, 15) is 22.8 Å². The highest BCUT2D eigenvalue weighted by molar-refractivity contribution is 5.80. The number of halogens is 3. The molecule has 2 N–H and O–H groups in total. The number of carbonyl (C=O) groups is 2. The van der Waals surface area contributed by atoms with Gasteiger partial charge in [-0.05, 0) is 24.1 Å². The highest BCUT2D eigenvalue weighted by atomic mass is 19.4. The molecule has 1 saturated heterocycles. The summed E-state index contributed by atoms with van der Waals surface area (Å²) in [5.41, 5.74) is 0.374. The predicted octanol–water partition coefficient (Wildman–Crippen LogP) is 2.25. The van der Waals surface area contributed by atoms with E-state index >= 15 is 0 Å². The highest BCUT2D eigenvalue weighted by Crippen LogP contribution is 2.26. The van der Waals surface area contributed by atoms with E-state index < -0.39 is 30.5 Å². The van der Waals surface area contributed by atoms with Gasteiger partial charge in [0.2, 0.25) is 5.91 Å². The Morgan fingerprint density at radius 3 is 2.50 bits per heavy atom. The van der Waals surface area contributed by atoms with E-state index in [2.05, 4.69) is 10.1 Å². The van der Waals surface area contributed by atoms with E-state index in [1.807, 2.05) is 0 Å². The number of hydrogen-bond acceptors (Lipinski definition) is 4. The Morgan fingerprint density at radius 2 is 2.00 bits per heavy atom. The molecule has 1 heterocycles. The topological polar surface area (TPSA) is 84.9 Å². The molecule has 0 spiro atoms. The zero-order valence-electron chi connectivity index (χ0n) is 12.5. The molecule has 1 fully saturated rings. The van der Waals surface area contributed by atoms with E-state index in [0.717, 1.165) is 12.1 Å². The second kappa shape index (κ2) is 7.52. The monoisotopic (exact) mass is 347 g/mol. The Kier molecular flexibility index (Phi) is 5.66. The van der Waals surface area contributed by atoms with Crippen LogP contribution in [-0.2, 0) is 14.3 Å². The second-order valence-corrected chi connectivity index (χ2v) is 5.34. The first kappa shape index (κ1) is 18.1. The van der Waals surface area contributed by atoms with E-state index in [4.69, 9.17) is 9.84 Å². The number of carbonyl (C=O) groups excluding carboxylic acids is 1. The summed E-state index contributed by atoms with van der Waals surface area (Å²) < 4.78 is 45.3. The minimum atomic E-state index is -4.81. The summed E-state index contributed by atoms with van der Waals surface area (Å²) in [5.74, 6) is -2.25. The van der Waals surface area contributed by atoms with Crippen LogP contribution in [0, 0.1) is 5.92 Å². The van der Waals surface area contributed by atoms with Gasteiger partial charge in [0.1, 0.15) is 5.75 Å². The van der Waals surface area contributed by atoms with Crippen LogP contribution in [0.2, 0.25) is 0 Å². The van der Waals surface area contributed by atoms with Gasteiger partial charge >= 0.3 is 12.3 Å². The zero-order valence-corrected chi connectivity index (χ0v) is 12.5. The molecule has 1 aromatic carbocycles. The first-order valence-electron chi connectivity index (χ1n) is 7.20. The molecule has 1 aliphatic heterocycles. The molecule has 0 aromatic heterocycles. The first-order chi connectivity index (χ1) is 11.2. The Hall–Kier alpha value is -2.29. The number of carboxylic acid groups (broad SMARTS) is 1. The third-order valence-corrected chi connectivity index (χ3v) is 3.51. The number of carboxylic acids is 1. The molecule has 1 aliphatic rings. The molecule has 0 bridgehead atoms. The van der Waals surface area contributed by atoms with E-state index in [0.29, 0.717) is 18.6 Å². The Morgan fingerprint density at radius 1 is 1.33 bits per heavy atom. The van der Waals surface area contributed by atoms with Crippen molar-refractivity contribution in [2.75, 3.05) is 13.2 Å². The van der Waals surface area contributed by atoms with E-state index in [-0.39, 0.29) is 18.4 Å². The Labute approximate surface area is 135 Å². The molecule has 1 amide bonds. The summed E-state index contributed by atoms with van der Waals surface area (Å²) in [7, 11) is 0.